The number of hydrogen-bond donors (Lipinski definition) is 2. The second-order valence-electron chi connectivity index (χ2n) is 5.40. The van der Waals surface area contributed by atoms with Crippen molar-refractivity contribution in [2.45, 2.75) is 31.2 Å². The summed E-state index contributed by atoms with van der Waals surface area (Å²) in [6.07, 6.45) is 2.32. The van der Waals surface area contributed by atoms with E-state index in [0.717, 1.165) is 24.1 Å². The minimum absolute atomic E-state index is 0.0606. The standard InChI is InChI=1S/C15H18N2O3/c18-14(17-8-4-3-7-13(17)15(19)20)11-9-16-12-6-2-1-5-10(11)12/h1-2,5-6,11,13,16H,3-4,7-9H2,(H,19,20). The summed E-state index contributed by atoms with van der Waals surface area (Å²) in [5.41, 5.74) is 1.96. The number of para-hydroxylation sites is 1. The second kappa shape index (κ2) is 5.15. The Morgan fingerprint density at radius 2 is 2.05 bits per heavy atom. The third-order valence-corrected chi connectivity index (χ3v) is 4.20. The summed E-state index contributed by atoms with van der Waals surface area (Å²) in [5, 5.41) is 12.5. The number of nitrogens with zero attached hydrogens (tertiary/aromatic N) is 1. The number of benzene rings is 1. The number of amides is 1. The molecule has 0 spiro atoms. The van der Waals surface area contributed by atoms with Gasteiger partial charge in [-0.25, -0.2) is 4.79 Å². The van der Waals surface area contributed by atoms with E-state index in [0.29, 0.717) is 19.5 Å². The van der Waals surface area contributed by atoms with Crippen molar-refractivity contribution in [3.63, 3.8) is 0 Å². The van der Waals surface area contributed by atoms with E-state index in [-0.39, 0.29) is 11.8 Å². The molecule has 1 saturated heterocycles. The van der Waals surface area contributed by atoms with Gasteiger partial charge in [-0.2, -0.15) is 0 Å². The summed E-state index contributed by atoms with van der Waals surface area (Å²) in [6.45, 7) is 1.11. The molecule has 0 saturated carbocycles. The molecule has 2 aliphatic rings. The quantitative estimate of drug-likeness (QED) is 0.860. The lowest BCUT2D eigenvalue weighted by molar-refractivity contribution is -0.152. The molecule has 20 heavy (non-hydrogen) atoms. The van der Waals surface area contributed by atoms with Crippen molar-refractivity contribution in [3.05, 3.63) is 29.8 Å². The molecule has 0 bridgehead atoms. The Labute approximate surface area is 117 Å². The minimum atomic E-state index is -0.891. The maximum Gasteiger partial charge on any atom is 0.326 e. The number of piperidine rings is 1. The first-order chi connectivity index (χ1) is 9.68. The molecule has 106 valence electrons. The number of likely N-dealkylation sites (tertiary alicyclic amines) is 1. The first kappa shape index (κ1) is 13.0. The highest BCUT2D eigenvalue weighted by Crippen LogP contribution is 2.33. The van der Waals surface area contributed by atoms with Crippen molar-refractivity contribution >= 4 is 17.6 Å². The Hall–Kier alpha value is -2.04. The van der Waals surface area contributed by atoms with E-state index >= 15 is 0 Å². The third kappa shape index (κ3) is 2.13. The molecule has 2 heterocycles. The van der Waals surface area contributed by atoms with Crippen molar-refractivity contribution in [2.75, 3.05) is 18.4 Å². The van der Waals surface area contributed by atoms with Crippen LogP contribution in [0.2, 0.25) is 0 Å². The molecule has 2 atom stereocenters. The zero-order valence-corrected chi connectivity index (χ0v) is 11.2. The lowest BCUT2D eigenvalue weighted by Crippen LogP contribution is -2.49. The van der Waals surface area contributed by atoms with Crippen LogP contribution in [0.5, 0.6) is 0 Å². The van der Waals surface area contributed by atoms with E-state index in [1.807, 2.05) is 24.3 Å². The van der Waals surface area contributed by atoms with Gasteiger partial charge in [0, 0.05) is 18.8 Å². The molecule has 2 aliphatic heterocycles. The highest BCUT2D eigenvalue weighted by Gasteiger charge is 2.38. The van der Waals surface area contributed by atoms with Crippen LogP contribution in [-0.4, -0.2) is 41.0 Å². The summed E-state index contributed by atoms with van der Waals surface area (Å²) >= 11 is 0. The fourth-order valence-electron chi connectivity index (χ4n) is 3.16. The number of anilines is 1. The molecule has 5 nitrogen and oxygen atoms in total. The van der Waals surface area contributed by atoms with Crippen molar-refractivity contribution in [2.24, 2.45) is 0 Å². The number of carboxylic acid groups (broad SMARTS) is 1. The maximum absolute atomic E-state index is 12.7. The Morgan fingerprint density at radius 1 is 1.25 bits per heavy atom. The number of fused-ring (bicyclic) bond motifs is 1. The van der Waals surface area contributed by atoms with Gasteiger partial charge in [-0.05, 0) is 30.9 Å². The minimum Gasteiger partial charge on any atom is -0.480 e. The molecular weight excluding hydrogens is 256 g/mol. The Balaban J connectivity index is 1.84. The highest BCUT2D eigenvalue weighted by molar-refractivity contribution is 5.91. The normalized spacial score (nSPS) is 24.9. The lowest BCUT2D eigenvalue weighted by Gasteiger charge is -2.34. The highest BCUT2D eigenvalue weighted by atomic mass is 16.4. The van der Waals surface area contributed by atoms with E-state index in [4.69, 9.17) is 0 Å². The molecule has 5 heteroatoms. The van der Waals surface area contributed by atoms with Gasteiger partial charge in [0.05, 0.1) is 5.92 Å². The molecule has 1 aromatic carbocycles. The molecule has 2 N–H and O–H groups in total. The van der Waals surface area contributed by atoms with Crippen LogP contribution < -0.4 is 5.32 Å². The lowest BCUT2D eigenvalue weighted by atomic mass is 9.95. The number of carboxylic acids is 1. The van der Waals surface area contributed by atoms with Crippen molar-refractivity contribution in [1.29, 1.82) is 0 Å². The zero-order valence-electron chi connectivity index (χ0n) is 11.2. The first-order valence-electron chi connectivity index (χ1n) is 7.04. The van der Waals surface area contributed by atoms with Crippen molar-refractivity contribution in [3.8, 4) is 0 Å². The van der Waals surface area contributed by atoms with Gasteiger partial charge in [0.1, 0.15) is 6.04 Å². The van der Waals surface area contributed by atoms with Gasteiger partial charge in [-0.15, -0.1) is 0 Å². The average Bonchev–Trinajstić information content (AvgIpc) is 2.90. The molecule has 3 rings (SSSR count). The molecular formula is C15H18N2O3. The number of rotatable bonds is 2. The molecule has 1 fully saturated rings. The van der Waals surface area contributed by atoms with Crippen LogP contribution in [0.25, 0.3) is 0 Å². The summed E-state index contributed by atoms with van der Waals surface area (Å²) in [4.78, 5) is 25.6. The fraction of sp³-hybridized carbons (Fsp3) is 0.467. The van der Waals surface area contributed by atoms with Crippen molar-refractivity contribution in [1.82, 2.24) is 4.90 Å². The van der Waals surface area contributed by atoms with Gasteiger partial charge in [-0.1, -0.05) is 18.2 Å². The predicted octanol–water partition coefficient (Wildman–Crippen LogP) is 1.66. The van der Waals surface area contributed by atoms with Crippen molar-refractivity contribution < 1.29 is 14.7 Å². The molecule has 2 unspecified atom stereocenters. The number of carbonyl (C=O) groups excluding carboxylic acids is 1. The summed E-state index contributed by atoms with van der Waals surface area (Å²) in [6, 6.07) is 7.07. The van der Waals surface area contributed by atoms with E-state index in [9.17, 15) is 14.7 Å². The van der Waals surface area contributed by atoms with Gasteiger partial charge in [-0.3, -0.25) is 4.79 Å². The summed E-state index contributed by atoms with van der Waals surface area (Å²) in [7, 11) is 0. The molecule has 1 aromatic rings. The van der Waals surface area contributed by atoms with Gasteiger partial charge < -0.3 is 15.3 Å². The molecule has 0 aliphatic carbocycles. The van der Waals surface area contributed by atoms with E-state index < -0.39 is 12.0 Å². The van der Waals surface area contributed by atoms with Crippen LogP contribution in [-0.2, 0) is 9.59 Å². The third-order valence-electron chi connectivity index (χ3n) is 4.20. The van der Waals surface area contributed by atoms with Crippen LogP contribution in [0.3, 0.4) is 0 Å². The molecule has 1 amide bonds. The smallest absolute Gasteiger partial charge is 0.326 e. The zero-order chi connectivity index (χ0) is 14.1. The van der Waals surface area contributed by atoms with Crippen LogP contribution >= 0.6 is 0 Å². The van der Waals surface area contributed by atoms with Crippen LogP contribution in [0.4, 0.5) is 5.69 Å². The first-order valence-corrected chi connectivity index (χ1v) is 7.04. The maximum atomic E-state index is 12.7. The monoisotopic (exact) mass is 274 g/mol. The molecule has 0 radical (unpaired) electrons. The van der Waals surface area contributed by atoms with E-state index in [1.54, 1.807) is 4.90 Å². The van der Waals surface area contributed by atoms with Gasteiger partial charge >= 0.3 is 5.97 Å². The summed E-state index contributed by atoms with van der Waals surface area (Å²) < 4.78 is 0. The van der Waals surface area contributed by atoms with Crippen LogP contribution in [0.1, 0.15) is 30.7 Å². The SMILES string of the molecule is O=C(O)C1CCCCN1C(=O)C1CNc2ccccc21. The summed E-state index contributed by atoms with van der Waals surface area (Å²) in [5.74, 6) is -1.21. The van der Waals surface area contributed by atoms with Gasteiger partial charge in [0.2, 0.25) is 5.91 Å². The molecule has 0 aromatic heterocycles. The number of hydrogen-bond acceptors (Lipinski definition) is 3. The van der Waals surface area contributed by atoms with E-state index in [1.165, 1.54) is 0 Å². The van der Waals surface area contributed by atoms with Gasteiger partial charge in [0.25, 0.3) is 0 Å². The fourth-order valence-corrected chi connectivity index (χ4v) is 3.16. The topological polar surface area (TPSA) is 69.6 Å². The van der Waals surface area contributed by atoms with Gasteiger partial charge in [0.15, 0.2) is 0 Å². The Kier molecular flexibility index (Phi) is 3.34. The average molecular weight is 274 g/mol. The van der Waals surface area contributed by atoms with Crippen LogP contribution in [0, 0.1) is 0 Å². The predicted molar refractivity (Wildman–Crippen MR) is 74.7 cm³/mol. The van der Waals surface area contributed by atoms with E-state index in [2.05, 4.69) is 5.32 Å². The number of aliphatic carboxylic acids is 1. The number of nitrogens with one attached hydrogen (secondary N) is 1. The Morgan fingerprint density at radius 3 is 2.85 bits per heavy atom. The second-order valence-corrected chi connectivity index (χ2v) is 5.40. The largest absolute Gasteiger partial charge is 0.480 e. The Bertz CT molecular complexity index is 544. The number of carbonyl (C=O) groups is 2. The van der Waals surface area contributed by atoms with Crippen LogP contribution in [0.15, 0.2) is 24.3 Å².